The topological polar surface area (TPSA) is 120 Å². The fraction of sp³-hybridized carbons (Fsp3) is 0.345. The Bertz CT molecular complexity index is 1590. The number of para-hydroxylation sites is 2. The van der Waals surface area contributed by atoms with Gasteiger partial charge >= 0.3 is 5.69 Å². The second-order valence-electron chi connectivity index (χ2n) is 10.1. The molecule has 1 saturated carbocycles. The van der Waals surface area contributed by atoms with Crippen LogP contribution < -0.4 is 16.3 Å². The van der Waals surface area contributed by atoms with E-state index in [0.717, 1.165) is 36.7 Å². The number of ether oxygens (including phenoxy) is 1. The molecule has 0 bridgehead atoms. The number of halogens is 1. The summed E-state index contributed by atoms with van der Waals surface area (Å²) in [4.78, 5) is 46.8. The smallest absolute Gasteiger partial charge is 0.333 e. The molecular formula is C29H31ClN6O4. The summed E-state index contributed by atoms with van der Waals surface area (Å²) < 4.78 is 8.31. The third-order valence-electron chi connectivity index (χ3n) is 7.31. The zero-order valence-electron chi connectivity index (χ0n) is 22.4. The van der Waals surface area contributed by atoms with Gasteiger partial charge < -0.3 is 15.4 Å². The first-order valence-electron chi connectivity index (χ1n) is 13.2. The van der Waals surface area contributed by atoms with Crippen LogP contribution in [0.4, 0.5) is 5.82 Å². The van der Waals surface area contributed by atoms with E-state index in [-0.39, 0.29) is 30.2 Å². The molecule has 1 fully saturated rings. The standard InChI is InChI=1S/C29H31ClN6O4/c1-18-23(13-20(30)14-31-18)28(38)33-21-9-7-19(8-10-21)16-35-24-5-3-4-6-25(24)36(29(35)39)22-11-12-26(32-15-22)34-27(37)17-40-2/h3-6,11-15,19,21H,7-10,16-17H2,1-2H3,(H,33,38)(H,32,34,37). The van der Waals surface area contributed by atoms with E-state index in [1.807, 2.05) is 28.8 Å². The van der Waals surface area contributed by atoms with Gasteiger partial charge in [0.2, 0.25) is 0 Å². The summed E-state index contributed by atoms with van der Waals surface area (Å²) in [6.45, 7) is 2.31. The lowest BCUT2D eigenvalue weighted by atomic mass is 9.85. The number of nitrogens with zero attached hydrogens (tertiary/aromatic N) is 4. The Kier molecular flexibility index (Phi) is 8.27. The van der Waals surface area contributed by atoms with Crippen molar-refractivity contribution in [1.29, 1.82) is 0 Å². The van der Waals surface area contributed by atoms with E-state index in [9.17, 15) is 14.4 Å². The first-order valence-corrected chi connectivity index (χ1v) is 13.6. The fourth-order valence-corrected chi connectivity index (χ4v) is 5.44. The maximum absolute atomic E-state index is 13.7. The molecule has 2 N–H and O–H groups in total. The number of amides is 2. The number of benzene rings is 1. The molecule has 1 aliphatic rings. The minimum atomic E-state index is -0.303. The third-order valence-corrected chi connectivity index (χ3v) is 7.51. The normalized spacial score (nSPS) is 17.1. The number of aromatic nitrogens is 4. The van der Waals surface area contributed by atoms with E-state index >= 15 is 0 Å². The van der Waals surface area contributed by atoms with Crippen LogP contribution in [0.15, 0.2) is 59.7 Å². The van der Waals surface area contributed by atoms with Crippen LogP contribution in [0.5, 0.6) is 0 Å². The van der Waals surface area contributed by atoms with Crippen molar-refractivity contribution in [2.75, 3.05) is 19.0 Å². The number of fused-ring (bicyclic) bond motifs is 1. The minimum absolute atomic E-state index is 0.0640. The van der Waals surface area contributed by atoms with Gasteiger partial charge in [-0.2, -0.15) is 0 Å². The fourth-order valence-electron chi connectivity index (χ4n) is 5.28. The monoisotopic (exact) mass is 562 g/mol. The molecule has 1 aliphatic carbocycles. The first-order chi connectivity index (χ1) is 19.3. The van der Waals surface area contributed by atoms with Gasteiger partial charge in [0, 0.05) is 25.9 Å². The van der Waals surface area contributed by atoms with Crippen LogP contribution in [0.25, 0.3) is 16.7 Å². The van der Waals surface area contributed by atoms with Gasteiger partial charge in [-0.3, -0.25) is 23.7 Å². The number of pyridine rings is 2. The van der Waals surface area contributed by atoms with Crippen LogP contribution >= 0.6 is 11.6 Å². The molecule has 5 rings (SSSR count). The van der Waals surface area contributed by atoms with Gasteiger partial charge in [-0.05, 0) is 68.9 Å². The molecule has 0 saturated heterocycles. The van der Waals surface area contributed by atoms with Crippen LogP contribution in [-0.2, 0) is 16.1 Å². The number of hydrogen-bond donors (Lipinski definition) is 2. The highest BCUT2D eigenvalue weighted by molar-refractivity contribution is 6.30. The molecule has 0 unspecified atom stereocenters. The lowest BCUT2D eigenvalue weighted by molar-refractivity contribution is -0.119. The van der Waals surface area contributed by atoms with Gasteiger partial charge in [-0.25, -0.2) is 9.78 Å². The van der Waals surface area contributed by atoms with Crippen LogP contribution in [0.2, 0.25) is 5.02 Å². The Balaban J connectivity index is 1.29. The van der Waals surface area contributed by atoms with Crippen LogP contribution in [0.1, 0.15) is 41.7 Å². The molecule has 208 valence electrons. The van der Waals surface area contributed by atoms with Crippen molar-refractivity contribution in [3.63, 3.8) is 0 Å². The molecule has 11 heteroatoms. The van der Waals surface area contributed by atoms with Crippen molar-refractivity contribution in [3.8, 4) is 5.69 Å². The molecule has 0 atom stereocenters. The summed E-state index contributed by atoms with van der Waals surface area (Å²) >= 11 is 6.04. The molecule has 2 amide bonds. The number of nitrogens with one attached hydrogen (secondary N) is 2. The number of rotatable bonds is 8. The highest BCUT2D eigenvalue weighted by Gasteiger charge is 2.25. The molecule has 1 aromatic carbocycles. The minimum Gasteiger partial charge on any atom is -0.375 e. The Morgan fingerprint density at radius 1 is 1.05 bits per heavy atom. The van der Waals surface area contributed by atoms with Gasteiger partial charge in [0.15, 0.2) is 0 Å². The van der Waals surface area contributed by atoms with E-state index in [1.54, 1.807) is 35.9 Å². The van der Waals surface area contributed by atoms with Crippen molar-refractivity contribution in [1.82, 2.24) is 24.4 Å². The number of carbonyl (C=O) groups is 2. The predicted molar refractivity (Wildman–Crippen MR) is 153 cm³/mol. The molecule has 3 heterocycles. The van der Waals surface area contributed by atoms with E-state index < -0.39 is 0 Å². The predicted octanol–water partition coefficient (Wildman–Crippen LogP) is 4.12. The van der Waals surface area contributed by atoms with Gasteiger partial charge in [0.1, 0.15) is 12.4 Å². The second-order valence-corrected chi connectivity index (χ2v) is 10.5. The second kappa shape index (κ2) is 12.0. The Morgan fingerprint density at radius 3 is 2.50 bits per heavy atom. The summed E-state index contributed by atoms with van der Waals surface area (Å²) in [6.07, 6.45) is 6.55. The molecule has 10 nitrogen and oxygen atoms in total. The van der Waals surface area contributed by atoms with Crippen molar-refractivity contribution >= 4 is 40.3 Å². The number of carbonyl (C=O) groups excluding carboxylic acids is 2. The largest absolute Gasteiger partial charge is 0.375 e. The van der Waals surface area contributed by atoms with Crippen LogP contribution in [-0.4, -0.2) is 50.7 Å². The van der Waals surface area contributed by atoms with Crippen LogP contribution in [0, 0.1) is 12.8 Å². The molecule has 40 heavy (non-hydrogen) atoms. The van der Waals surface area contributed by atoms with E-state index in [0.29, 0.717) is 40.2 Å². The summed E-state index contributed by atoms with van der Waals surface area (Å²) in [7, 11) is 1.45. The zero-order chi connectivity index (χ0) is 28.2. The van der Waals surface area contributed by atoms with Gasteiger partial charge in [-0.1, -0.05) is 23.7 Å². The zero-order valence-corrected chi connectivity index (χ0v) is 23.1. The average molecular weight is 563 g/mol. The summed E-state index contributed by atoms with van der Waals surface area (Å²) in [6, 6.07) is 12.8. The number of hydrogen-bond acceptors (Lipinski definition) is 6. The SMILES string of the molecule is COCC(=O)Nc1ccc(-n2c(=O)n(CC3CCC(NC(=O)c4cc(Cl)cnc4C)CC3)c3ccccc32)cn1. The molecular weight excluding hydrogens is 532 g/mol. The van der Waals surface area contributed by atoms with Crippen LogP contribution in [0.3, 0.4) is 0 Å². The Labute approximate surface area is 236 Å². The van der Waals surface area contributed by atoms with E-state index in [4.69, 9.17) is 16.3 Å². The van der Waals surface area contributed by atoms with Crippen molar-refractivity contribution in [3.05, 3.63) is 81.6 Å². The van der Waals surface area contributed by atoms with Crippen molar-refractivity contribution in [2.45, 2.75) is 45.2 Å². The van der Waals surface area contributed by atoms with Gasteiger partial charge in [0.05, 0.1) is 39.2 Å². The number of aryl methyl sites for hydroxylation is 1. The highest BCUT2D eigenvalue weighted by Crippen LogP contribution is 2.28. The third kappa shape index (κ3) is 5.93. The highest BCUT2D eigenvalue weighted by atomic mass is 35.5. The molecule has 0 aliphatic heterocycles. The Hall–Kier alpha value is -4.02. The summed E-state index contributed by atoms with van der Waals surface area (Å²) in [5, 5.41) is 6.22. The lowest BCUT2D eigenvalue weighted by Gasteiger charge is -2.29. The maximum Gasteiger partial charge on any atom is 0.333 e. The Morgan fingerprint density at radius 2 is 1.80 bits per heavy atom. The maximum atomic E-state index is 13.7. The number of methoxy groups -OCH3 is 1. The quantitative estimate of drug-likeness (QED) is 0.333. The number of imidazole rings is 1. The molecule has 4 aromatic rings. The van der Waals surface area contributed by atoms with Crippen molar-refractivity contribution < 1.29 is 14.3 Å². The lowest BCUT2D eigenvalue weighted by Crippen LogP contribution is -2.39. The van der Waals surface area contributed by atoms with Crippen molar-refractivity contribution in [2.24, 2.45) is 5.92 Å². The van der Waals surface area contributed by atoms with E-state index in [2.05, 4.69) is 20.6 Å². The van der Waals surface area contributed by atoms with Gasteiger partial charge in [0.25, 0.3) is 11.8 Å². The average Bonchev–Trinajstić information content (AvgIpc) is 3.22. The summed E-state index contributed by atoms with van der Waals surface area (Å²) in [5.41, 5.74) is 3.25. The molecule has 0 radical (unpaired) electrons. The van der Waals surface area contributed by atoms with E-state index in [1.165, 1.54) is 13.3 Å². The summed E-state index contributed by atoms with van der Waals surface area (Å²) in [5.74, 6) is 0.222. The first kappa shape index (κ1) is 27.5. The molecule has 3 aromatic heterocycles. The van der Waals surface area contributed by atoms with Gasteiger partial charge in [-0.15, -0.1) is 0 Å². The number of anilines is 1. The molecule has 0 spiro atoms.